The van der Waals surface area contributed by atoms with Gasteiger partial charge in [-0.2, -0.15) is 5.26 Å². The highest BCUT2D eigenvalue weighted by Crippen LogP contribution is 2.27. The van der Waals surface area contributed by atoms with E-state index in [0.717, 1.165) is 25.5 Å². The molecule has 1 amide bonds. The number of nitro benzene ring substituents is 1. The number of nitro groups is 1. The fourth-order valence-electron chi connectivity index (χ4n) is 2.18. The molecule has 0 bridgehead atoms. The highest BCUT2D eigenvalue weighted by atomic mass is 35.5. The van der Waals surface area contributed by atoms with E-state index in [9.17, 15) is 14.9 Å². The zero-order chi connectivity index (χ0) is 17.5. The number of carbonyl (C=O) groups excluding carboxylic acids is 1. The number of rotatable bonds is 6. The quantitative estimate of drug-likeness (QED) is 0.352. The summed E-state index contributed by atoms with van der Waals surface area (Å²) in [7, 11) is 0. The van der Waals surface area contributed by atoms with Crippen LogP contribution in [0.5, 0.6) is 0 Å². The van der Waals surface area contributed by atoms with Crippen molar-refractivity contribution in [3.63, 3.8) is 0 Å². The minimum absolute atomic E-state index is 0.0349. The molecule has 0 spiro atoms. The van der Waals surface area contributed by atoms with Gasteiger partial charge in [-0.3, -0.25) is 14.9 Å². The predicted molar refractivity (Wildman–Crippen MR) is 87.4 cm³/mol. The van der Waals surface area contributed by atoms with Gasteiger partial charge in [0.25, 0.3) is 11.6 Å². The van der Waals surface area contributed by atoms with Gasteiger partial charge in [-0.15, -0.1) is 0 Å². The number of benzene rings is 1. The molecule has 1 aliphatic heterocycles. The van der Waals surface area contributed by atoms with Gasteiger partial charge in [0.1, 0.15) is 16.7 Å². The van der Waals surface area contributed by atoms with Gasteiger partial charge in [-0.05, 0) is 25.0 Å². The molecule has 2 N–H and O–H groups in total. The Bertz CT molecular complexity index is 708. The Kier molecular flexibility index (Phi) is 6.12. The molecule has 1 heterocycles. The monoisotopic (exact) mass is 350 g/mol. The number of carbonyl (C=O) groups is 1. The van der Waals surface area contributed by atoms with Crippen LogP contribution in [0.1, 0.15) is 12.8 Å². The summed E-state index contributed by atoms with van der Waals surface area (Å²) in [4.78, 5) is 22.3. The van der Waals surface area contributed by atoms with E-state index in [2.05, 4.69) is 10.6 Å². The van der Waals surface area contributed by atoms with Crippen LogP contribution in [0, 0.1) is 21.4 Å². The number of ether oxygens (including phenoxy) is 1. The molecule has 0 aromatic heterocycles. The molecular formula is C15H15ClN4O4. The predicted octanol–water partition coefficient (Wildman–Crippen LogP) is 2.36. The van der Waals surface area contributed by atoms with E-state index < -0.39 is 10.8 Å². The maximum Gasteiger partial charge on any atom is 0.289 e. The molecule has 1 fully saturated rings. The van der Waals surface area contributed by atoms with E-state index in [4.69, 9.17) is 21.6 Å². The molecule has 8 nitrogen and oxygen atoms in total. The summed E-state index contributed by atoms with van der Waals surface area (Å²) < 4.78 is 5.42. The highest BCUT2D eigenvalue weighted by Gasteiger charge is 2.17. The molecule has 0 aliphatic carbocycles. The van der Waals surface area contributed by atoms with Gasteiger partial charge in [0.2, 0.25) is 0 Å². The molecule has 1 saturated heterocycles. The number of halogens is 1. The van der Waals surface area contributed by atoms with Gasteiger partial charge in [0, 0.05) is 31.1 Å². The lowest BCUT2D eigenvalue weighted by atomic mass is 10.2. The molecule has 1 unspecified atom stereocenters. The van der Waals surface area contributed by atoms with E-state index in [0.29, 0.717) is 6.54 Å². The molecule has 1 aliphatic rings. The van der Waals surface area contributed by atoms with Crippen LogP contribution in [-0.2, 0) is 9.53 Å². The third-order valence-electron chi connectivity index (χ3n) is 3.38. The Hall–Kier alpha value is -2.63. The minimum Gasteiger partial charge on any atom is -0.387 e. The Balaban J connectivity index is 1.99. The number of hydrogen-bond acceptors (Lipinski definition) is 6. The Morgan fingerprint density at radius 1 is 1.58 bits per heavy atom. The highest BCUT2D eigenvalue weighted by molar-refractivity contribution is 6.32. The van der Waals surface area contributed by atoms with Crippen LogP contribution in [0.25, 0.3) is 0 Å². The van der Waals surface area contributed by atoms with Crippen molar-refractivity contribution in [1.29, 1.82) is 5.26 Å². The Morgan fingerprint density at radius 2 is 2.38 bits per heavy atom. The van der Waals surface area contributed by atoms with Gasteiger partial charge < -0.3 is 15.4 Å². The molecule has 9 heteroatoms. The second-order valence-electron chi connectivity index (χ2n) is 5.09. The summed E-state index contributed by atoms with van der Waals surface area (Å²) in [5, 5.41) is 25.2. The van der Waals surface area contributed by atoms with E-state index in [1.807, 2.05) is 0 Å². The second-order valence-corrected chi connectivity index (χ2v) is 5.50. The molecule has 0 radical (unpaired) electrons. The number of nitrogens with zero attached hydrogens (tertiary/aromatic N) is 2. The average Bonchev–Trinajstić information content (AvgIpc) is 3.06. The van der Waals surface area contributed by atoms with E-state index in [-0.39, 0.29) is 28.1 Å². The van der Waals surface area contributed by atoms with Crippen molar-refractivity contribution in [3.05, 3.63) is 45.1 Å². The van der Waals surface area contributed by atoms with E-state index in [1.54, 1.807) is 6.07 Å². The first-order valence-electron chi connectivity index (χ1n) is 7.22. The molecule has 1 aromatic carbocycles. The summed E-state index contributed by atoms with van der Waals surface area (Å²) in [5.74, 6) is -0.672. The van der Waals surface area contributed by atoms with Crippen molar-refractivity contribution in [3.8, 4) is 6.07 Å². The molecule has 0 saturated carbocycles. The van der Waals surface area contributed by atoms with Gasteiger partial charge in [-0.25, -0.2) is 0 Å². The van der Waals surface area contributed by atoms with Crippen molar-refractivity contribution in [1.82, 2.24) is 5.32 Å². The standard InChI is InChI=1S/C15H15ClN4O4/c16-13-4-3-11(6-14(13)20(22)23)19-15(21)10(7-17)8-18-9-12-2-1-5-24-12/h3-4,6,8,12,18H,1-2,5,9H2,(H,19,21)/b10-8-. The topological polar surface area (TPSA) is 117 Å². The summed E-state index contributed by atoms with van der Waals surface area (Å²) in [6.07, 6.45) is 3.31. The van der Waals surface area contributed by atoms with E-state index in [1.165, 1.54) is 18.3 Å². The SMILES string of the molecule is N#C/C(=C/NCC1CCCO1)C(=O)Nc1ccc(Cl)c([N+](=O)[O-])c1. The lowest BCUT2D eigenvalue weighted by molar-refractivity contribution is -0.384. The molecule has 2 rings (SSSR count). The Labute approximate surface area is 143 Å². The van der Waals surface area contributed by atoms with Crippen molar-refractivity contribution < 1.29 is 14.5 Å². The van der Waals surface area contributed by atoms with Gasteiger partial charge in [0.15, 0.2) is 0 Å². The number of anilines is 1. The first-order valence-corrected chi connectivity index (χ1v) is 7.59. The van der Waals surface area contributed by atoms with Crippen LogP contribution in [0.2, 0.25) is 5.02 Å². The summed E-state index contributed by atoms with van der Waals surface area (Å²) in [6, 6.07) is 5.64. The normalized spacial score (nSPS) is 17.2. The zero-order valence-electron chi connectivity index (χ0n) is 12.6. The third-order valence-corrected chi connectivity index (χ3v) is 3.70. The molecule has 24 heavy (non-hydrogen) atoms. The number of nitrogens with one attached hydrogen (secondary N) is 2. The zero-order valence-corrected chi connectivity index (χ0v) is 13.4. The fraction of sp³-hybridized carbons (Fsp3) is 0.333. The number of hydrogen-bond donors (Lipinski definition) is 2. The van der Waals surface area contributed by atoms with Gasteiger partial charge >= 0.3 is 0 Å². The van der Waals surface area contributed by atoms with Crippen LogP contribution < -0.4 is 10.6 Å². The second kappa shape index (κ2) is 8.29. The van der Waals surface area contributed by atoms with Gasteiger partial charge in [0.05, 0.1) is 11.0 Å². The van der Waals surface area contributed by atoms with E-state index >= 15 is 0 Å². The minimum atomic E-state index is -0.672. The molecular weight excluding hydrogens is 336 g/mol. The van der Waals surface area contributed by atoms with Crippen LogP contribution in [0.4, 0.5) is 11.4 Å². The van der Waals surface area contributed by atoms with Crippen LogP contribution >= 0.6 is 11.6 Å². The van der Waals surface area contributed by atoms with Crippen molar-refractivity contribution >= 4 is 28.9 Å². The summed E-state index contributed by atoms with van der Waals surface area (Å²) >= 11 is 5.71. The average molecular weight is 351 g/mol. The van der Waals surface area contributed by atoms with Crippen molar-refractivity contribution in [2.45, 2.75) is 18.9 Å². The molecule has 1 aromatic rings. The lowest BCUT2D eigenvalue weighted by Crippen LogP contribution is -2.24. The summed E-state index contributed by atoms with van der Waals surface area (Å²) in [6.45, 7) is 1.22. The van der Waals surface area contributed by atoms with Crippen molar-refractivity contribution in [2.75, 3.05) is 18.5 Å². The third kappa shape index (κ3) is 4.68. The van der Waals surface area contributed by atoms with Gasteiger partial charge in [-0.1, -0.05) is 11.6 Å². The fourth-order valence-corrected chi connectivity index (χ4v) is 2.36. The van der Waals surface area contributed by atoms with Crippen LogP contribution in [-0.4, -0.2) is 30.1 Å². The molecule has 126 valence electrons. The summed E-state index contributed by atoms with van der Waals surface area (Å²) in [5.41, 5.74) is -0.296. The Morgan fingerprint density at radius 3 is 3.00 bits per heavy atom. The van der Waals surface area contributed by atoms with Crippen molar-refractivity contribution in [2.24, 2.45) is 0 Å². The lowest BCUT2D eigenvalue weighted by Gasteiger charge is -2.09. The molecule has 1 atom stereocenters. The smallest absolute Gasteiger partial charge is 0.289 e. The number of nitriles is 1. The maximum absolute atomic E-state index is 12.1. The maximum atomic E-state index is 12.1. The van der Waals surface area contributed by atoms with Crippen LogP contribution in [0.15, 0.2) is 30.0 Å². The first kappa shape index (κ1) is 17.7. The number of amides is 1. The largest absolute Gasteiger partial charge is 0.387 e. The van der Waals surface area contributed by atoms with Crippen LogP contribution in [0.3, 0.4) is 0 Å². The first-order chi connectivity index (χ1) is 11.5.